The molecule has 2 aromatic carbocycles. The first-order valence-corrected chi connectivity index (χ1v) is 12.0. The molecule has 1 aliphatic heterocycles. The molecule has 0 saturated carbocycles. The van der Waals surface area contributed by atoms with Gasteiger partial charge in [-0.05, 0) is 48.1 Å². The van der Waals surface area contributed by atoms with Crippen LogP contribution in [0.4, 0.5) is 4.39 Å². The van der Waals surface area contributed by atoms with Crippen LogP contribution in [-0.2, 0) is 16.5 Å². The van der Waals surface area contributed by atoms with Crippen LogP contribution in [0.25, 0.3) is 11.1 Å². The molecule has 0 amide bonds. The summed E-state index contributed by atoms with van der Waals surface area (Å²) >= 11 is 0. The molecule has 3 unspecified atom stereocenters. The summed E-state index contributed by atoms with van der Waals surface area (Å²) < 4.78 is 29.1. The maximum Gasteiger partial charge on any atom is 0.123 e. The van der Waals surface area contributed by atoms with Crippen LogP contribution in [0.5, 0.6) is 0 Å². The standard InChI is InChI=1S/C21H29FN2O2S/c1-27(2,26)24-20-10-9-19(14-25)23-21(20)12-15-5-3-6-16(11-15)17-7-4-8-18(22)13-17/h3-8,11,13,19-21,23,25,27H,9-10,12,14H2,1-2H3,(H,24,26). The minimum Gasteiger partial charge on any atom is -0.395 e. The lowest BCUT2D eigenvalue weighted by Gasteiger charge is -2.39. The zero-order chi connectivity index (χ0) is 19.4. The van der Waals surface area contributed by atoms with Crippen LogP contribution in [0, 0.1) is 5.82 Å². The molecule has 0 radical (unpaired) electrons. The highest BCUT2D eigenvalue weighted by molar-refractivity contribution is 7.99. The maximum atomic E-state index is 13.5. The Morgan fingerprint density at radius 2 is 1.85 bits per heavy atom. The lowest BCUT2D eigenvalue weighted by atomic mass is 9.89. The topological polar surface area (TPSA) is 61.4 Å². The van der Waals surface area contributed by atoms with Crippen molar-refractivity contribution >= 4 is 10.1 Å². The van der Waals surface area contributed by atoms with E-state index in [2.05, 4.69) is 22.2 Å². The first-order valence-electron chi connectivity index (χ1n) is 9.38. The molecule has 0 spiro atoms. The zero-order valence-electron chi connectivity index (χ0n) is 15.9. The molecular weight excluding hydrogens is 363 g/mol. The Morgan fingerprint density at radius 3 is 2.52 bits per heavy atom. The van der Waals surface area contributed by atoms with Crippen LogP contribution < -0.4 is 10.0 Å². The fourth-order valence-corrected chi connectivity index (χ4v) is 4.89. The highest BCUT2D eigenvalue weighted by Gasteiger charge is 2.30. The number of nitrogens with one attached hydrogen (secondary N) is 2. The second-order valence-electron chi connectivity index (χ2n) is 7.73. The van der Waals surface area contributed by atoms with E-state index in [9.17, 15) is 13.7 Å². The van der Waals surface area contributed by atoms with E-state index in [0.717, 1.165) is 36.0 Å². The van der Waals surface area contributed by atoms with E-state index in [1.54, 1.807) is 18.6 Å². The van der Waals surface area contributed by atoms with Gasteiger partial charge in [-0.15, -0.1) is 0 Å². The summed E-state index contributed by atoms with van der Waals surface area (Å²) in [4.78, 5) is 0. The number of benzene rings is 2. The lowest BCUT2D eigenvalue weighted by molar-refractivity contribution is 0.181. The van der Waals surface area contributed by atoms with Crippen molar-refractivity contribution < 1.29 is 13.7 Å². The number of piperidine rings is 1. The summed E-state index contributed by atoms with van der Waals surface area (Å²) in [6, 6.07) is 14.9. The van der Waals surface area contributed by atoms with Crippen molar-refractivity contribution in [1.29, 1.82) is 0 Å². The van der Waals surface area contributed by atoms with E-state index < -0.39 is 10.1 Å². The monoisotopic (exact) mass is 392 g/mol. The minimum absolute atomic E-state index is 0.0625. The highest BCUT2D eigenvalue weighted by Crippen LogP contribution is 2.24. The molecule has 0 bridgehead atoms. The third-order valence-corrected chi connectivity index (χ3v) is 5.95. The van der Waals surface area contributed by atoms with Gasteiger partial charge in [0.2, 0.25) is 0 Å². The summed E-state index contributed by atoms with van der Waals surface area (Å²) in [6.45, 7) is 0.0997. The molecule has 2 aromatic rings. The number of aliphatic hydroxyl groups is 1. The summed E-state index contributed by atoms with van der Waals surface area (Å²) in [6.07, 6.45) is 5.96. The molecule has 27 heavy (non-hydrogen) atoms. The van der Waals surface area contributed by atoms with Crippen LogP contribution in [0.1, 0.15) is 18.4 Å². The van der Waals surface area contributed by atoms with Gasteiger partial charge < -0.3 is 10.4 Å². The first kappa shape index (κ1) is 20.1. The minimum atomic E-state index is -2.36. The summed E-state index contributed by atoms with van der Waals surface area (Å²) in [5.41, 5.74) is 2.95. The SMILES string of the molecule is C[SH](C)(=O)NC1CCC(CO)NC1Cc1cccc(-c2cccc(F)c2)c1. The molecule has 4 nitrogen and oxygen atoms in total. The van der Waals surface area contributed by atoms with Gasteiger partial charge in [0, 0.05) is 30.6 Å². The van der Waals surface area contributed by atoms with Crippen LogP contribution in [-0.4, -0.2) is 46.6 Å². The maximum absolute atomic E-state index is 13.5. The second kappa shape index (κ2) is 8.61. The average Bonchev–Trinajstić information content (AvgIpc) is 2.62. The van der Waals surface area contributed by atoms with Gasteiger partial charge in [-0.1, -0.05) is 46.5 Å². The molecule has 3 N–H and O–H groups in total. The van der Waals surface area contributed by atoms with Gasteiger partial charge >= 0.3 is 0 Å². The summed E-state index contributed by atoms with van der Waals surface area (Å²) in [5, 5.41) is 13.0. The van der Waals surface area contributed by atoms with Crippen LogP contribution >= 0.6 is 0 Å². The van der Waals surface area contributed by atoms with E-state index in [-0.39, 0.29) is 30.5 Å². The molecule has 3 rings (SSSR count). The van der Waals surface area contributed by atoms with Crippen molar-refractivity contribution in [1.82, 2.24) is 10.0 Å². The molecule has 1 heterocycles. The first-order chi connectivity index (χ1) is 12.8. The fraction of sp³-hybridized carbons (Fsp3) is 0.429. The number of halogens is 1. The Hall–Kier alpha value is -1.60. The van der Waals surface area contributed by atoms with E-state index in [1.165, 1.54) is 12.1 Å². The van der Waals surface area contributed by atoms with E-state index >= 15 is 0 Å². The molecular formula is C21H29FN2O2S. The number of aliphatic hydroxyl groups excluding tert-OH is 1. The fourth-order valence-electron chi connectivity index (χ4n) is 3.78. The molecule has 0 aliphatic carbocycles. The van der Waals surface area contributed by atoms with Crippen molar-refractivity contribution in [3.05, 3.63) is 59.9 Å². The number of rotatable bonds is 6. The zero-order valence-corrected chi connectivity index (χ0v) is 16.8. The van der Waals surface area contributed by atoms with Gasteiger partial charge in [0.25, 0.3) is 0 Å². The van der Waals surface area contributed by atoms with Gasteiger partial charge in [-0.25, -0.2) is 4.39 Å². The summed E-state index contributed by atoms with van der Waals surface area (Å²) in [5.74, 6) is -0.247. The van der Waals surface area contributed by atoms with Gasteiger partial charge in [-0.3, -0.25) is 8.93 Å². The Balaban J connectivity index is 1.80. The van der Waals surface area contributed by atoms with Gasteiger partial charge in [-0.2, -0.15) is 0 Å². The predicted molar refractivity (Wildman–Crippen MR) is 111 cm³/mol. The van der Waals surface area contributed by atoms with Crippen molar-refractivity contribution in [2.75, 3.05) is 19.1 Å². The lowest BCUT2D eigenvalue weighted by Crippen LogP contribution is -2.59. The Morgan fingerprint density at radius 1 is 1.15 bits per heavy atom. The van der Waals surface area contributed by atoms with Crippen molar-refractivity contribution in [2.24, 2.45) is 0 Å². The van der Waals surface area contributed by atoms with Crippen LogP contribution in [0.15, 0.2) is 48.5 Å². The van der Waals surface area contributed by atoms with Crippen molar-refractivity contribution in [3.63, 3.8) is 0 Å². The van der Waals surface area contributed by atoms with Crippen LogP contribution in [0.2, 0.25) is 0 Å². The number of thiol groups is 1. The molecule has 3 atom stereocenters. The van der Waals surface area contributed by atoms with Gasteiger partial charge in [0.15, 0.2) is 0 Å². The Bertz CT molecular complexity index is 823. The third kappa shape index (κ3) is 5.69. The van der Waals surface area contributed by atoms with Gasteiger partial charge in [0.1, 0.15) is 5.82 Å². The van der Waals surface area contributed by atoms with Crippen LogP contribution in [0.3, 0.4) is 0 Å². The van der Waals surface area contributed by atoms with E-state index in [0.29, 0.717) is 0 Å². The summed E-state index contributed by atoms with van der Waals surface area (Å²) in [7, 11) is -2.36. The van der Waals surface area contributed by atoms with E-state index in [1.807, 2.05) is 18.2 Å². The molecule has 1 fully saturated rings. The second-order valence-corrected chi connectivity index (χ2v) is 10.7. The molecule has 1 aliphatic rings. The predicted octanol–water partition coefficient (Wildman–Crippen LogP) is 2.30. The Kier molecular flexibility index (Phi) is 6.42. The highest BCUT2D eigenvalue weighted by atomic mass is 32.3. The molecule has 148 valence electrons. The normalized spacial score (nSPS) is 23.9. The molecule has 6 heteroatoms. The molecule has 1 saturated heterocycles. The average molecular weight is 393 g/mol. The smallest absolute Gasteiger partial charge is 0.123 e. The Labute approximate surface area is 161 Å². The third-order valence-electron chi connectivity index (χ3n) is 5.00. The van der Waals surface area contributed by atoms with Crippen molar-refractivity contribution in [2.45, 2.75) is 37.4 Å². The largest absolute Gasteiger partial charge is 0.395 e. The quantitative estimate of drug-likeness (QED) is 0.571. The van der Waals surface area contributed by atoms with Crippen molar-refractivity contribution in [3.8, 4) is 11.1 Å². The van der Waals surface area contributed by atoms with Gasteiger partial charge in [0.05, 0.1) is 6.61 Å². The molecule has 0 aromatic heterocycles. The number of hydrogen-bond donors (Lipinski definition) is 4. The number of hydrogen-bond acceptors (Lipinski definition) is 3. The van der Waals surface area contributed by atoms with E-state index in [4.69, 9.17) is 0 Å².